The van der Waals surface area contributed by atoms with Crippen LogP contribution in [0.1, 0.15) is 31.0 Å². The lowest BCUT2D eigenvalue weighted by Crippen LogP contribution is -2.32. The summed E-state index contributed by atoms with van der Waals surface area (Å²) in [5.41, 5.74) is 0.393. The van der Waals surface area contributed by atoms with Gasteiger partial charge in [-0.15, -0.1) is 11.3 Å². The molecule has 0 aromatic carbocycles. The zero-order valence-corrected chi connectivity index (χ0v) is 10.5. The van der Waals surface area contributed by atoms with Gasteiger partial charge in [-0.05, 0) is 33.4 Å². The van der Waals surface area contributed by atoms with Crippen molar-refractivity contribution >= 4 is 11.3 Å². The van der Waals surface area contributed by atoms with Crippen molar-refractivity contribution in [2.75, 3.05) is 13.1 Å². The lowest BCUT2D eigenvalue weighted by Gasteiger charge is -2.22. The van der Waals surface area contributed by atoms with Gasteiger partial charge in [0, 0.05) is 17.5 Å². The molecule has 1 aromatic heterocycles. The summed E-state index contributed by atoms with van der Waals surface area (Å²) in [6, 6.07) is 0. The zero-order valence-electron chi connectivity index (χ0n) is 9.71. The second-order valence-corrected chi connectivity index (χ2v) is 5.10. The van der Waals surface area contributed by atoms with E-state index in [1.165, 1.54) is 0 Å². The molecule has 2 N–H and O–H groups in total. The summed E-state index contributed by atoms with van der Waals surface area (Å²) in [6.07, 6.45) is 1.41. The summed E-state index contributed by atoms with van der Waals surface area (Å²) in [7, 11) is 0. The number of nitrogens with zero attached hydrogens (tertiary/aromatic N) is 1. The molecule has 0 fully saturated rings. The van der Waals surface area contributed by atoms with Crippen LogP contribution < -0.4 is 5.32 Å². The molecule has 0 bridgehead atoms. The van der Waals surface area contributed by atoms with Crippen molar-refractivity contribution in [3.63, 3.8) is 0 Å². The number of thiazole rings is 1. The van der Waals surface area contributed by atoms with Gasteiger partial charge in [0.25, 0.3) is 0 Å². The van der Waals surface area contributed by atoms with Crippen LogP contribution in [-0.4, -0.2) is 28.8 Å². The number of hydrogen-bond acceptors (Lipinski definition) is 4. The first-order valence-electron chi connectivity index (χ1n) is 5.37. The van der Waals surface area contributed by atoms with Gasteiger partial charge in [-0.3, -0.25) is 0 Å². The van der Waals surface area contributed by atoms with Crippen LogP contribution in [0.5, 0.6) is 0 Å². The van der Waals surface area contributed by atoms with E-state index in [4.69, 9.17) is 0 Å². The van der Waals surface area contributed by atoms with Crippen molar-refractivity contribution in [3.8, 4) is 0 Å². The standard InChI is InChI=1S/C11H20N2OS/c1-4-12-6-5-11(3,14)7-10-13-9(2)8-15-10/h8,12,14H,4-7H2,1-3H3. The van der Waals surface area contributed by atoms with Crippen molar-refractivity contribution in [2.45, 2.75) is 39.2 Å². The summed E-state index contributed by atoms with van der Waals surface area (Å²) in [4.78, 5) is 4.36. The Morgan fingerprint density at radius 2 is 2.33 bits per heavy atom. The highest BCUT2D eigenvalue weighted by Crippen LogP contribution is 2.19. The molecule has 0 aliphatic carbocycles. The Labute approximate surface area is 95.6 Å². The highest BCUT2D eigenvalue weighted by atomic mass is 32.1. The molecule has 0 amide bonds. The maximum atomic E-state index is 10.1. The normalized spacial score (nSPS) is 15.2. The van der Waals surface area contributed by atoms with E-state index in [1.54, 1.807) is 11.3 Å². The maximum Gasteiger partial charge on any atom is 0.0956 e. The second kappa shape index (κ2) is 5.58. The first-order chi connectivity index (χ1) is 7.03. The van der Waals surface area contributed by atoms with Crippen molar-refractivity contribution < 1.29 is 5.11 Å². The summed E-state index contributed by atoms with van der Waals surface area (Å²) in [6.45, 7) is 7.73. The minimum atomic E-state index is -0.646. The number of aliphatic hydroxyl groups is 1. The van der Waals surface area contributed by atoms with Crippen LogP contribution in [0.4, 0.5) is 0 Å². The van der Waals surface area contributed by atoms with Gasteiger partial charge in [-0.1, -0.05) is 6.92 Å². The molecule has 1 atom stereocenters. The maximum absolute atomic E-state index is 10.1. The average Bonchev–Trinajstić information content (AvgIpc) is 2.50. The molecule has 0 aliphatic heterocycles. The molecule has 0 saturated heterocycles. The number of rotatable bonds is 6. The number of aryl methyl sites for hydroxylation is 1. The van der Waals surface area contributed by atoms with Gasteiger partial charge in [-0.25, -0.2) is 4.98 Å². The zero-order chi connectivity index (χ0) is 11.3. The van der Waals surface area contributed by atoms with Gasteiger partial charge in [0.15, 0.2) is 0 Å². The highest BCUT2D eigenvalue weighted by molar-refractivity contribution is 7.09. The number of hydrogen-bond donors (Lipinski definition) is 2. The highest BCUT2D eigenvalue weighted by Gasteiger charge is 2.21. The summed E-state index contributed by atoms with van der Waals surface area (Å²) >= 11 is 1.62. The van der Waals surface area contributed by atoms with E-state index in [0.29, 0.717) is 6.42 Å². The minimum Gasteiger partial charge on any atom is -0.390 e. The van der Waals surface area contributed by atoms with E-state index in [-0.39, 0.29) is 0 Å². The second-order valence-electron chi connectivity index (χ2n) is 4.16. The van der Waals surface area contributed by atoms with Crippen LogP contribution in [0, 0.1) is 6.92 Å². The van der Waals surface area contributed by atoms with E-state index in [9.17, 15) is 5.11 Å². The van der Waals surface area contributed by atoms with E-state index >= 15 is 0 Å². The average molecular weight is 228 g/mol. The molecule has 1 rings (SSSR count). The van der Waals surface area contributed by atoms with E-state index in [1.807, 2.05) is 19.2 Å². The van der Waals surface area contributed by atoms with Crippen molar-refractivity contribution in [1.29, 1.82) is 0 Å². The Morgan fingerprint density at radius 1 is 1.60 bits per heavy atom. The first-order valence-corrected chi connectivity index (χ1v) is 6.25. The van der Waals surface area contributed by atoms with Crippen molar-refractivity contribution in [1.82, 2.24) is 10.3 Å². The molecule has 1 aromatic rings. The largest absolute Gasteiger partial charge is 0.390 e. The molecule has 86 valence electrons. The van der Waals surface area contributed by atoms with Gasteiger partial charge in [0.2, 0.25) is 0 Å². The first kappa shape index (κ1) is 12.6. The fraction of sp³-hybridized carbons (Fsp3) is 0.727. The third-order valence-corrected chi connectivity index (χ3v) is 3.26. The topological polar surface area (TPSA) is 45.1 Å². The Kier molecular flexibility index (Phi) is 4.70. The smallest absolute Gasteiger partial charge is 0.0956 e. The molecule has 0 spiro atoms. The predicted octanol–water partition coefficient (Wildman–Crippen LogP) is 1.74. The molecular weight excluding hydrogens is 208 g/mol. The molecule has 0 saturated carbocycles. The summed E-state index contributed by atoms with van der Waals surface area (Å²) in [5.74, 6) is 0. The molecule has 1 unspecified atom stereocenters. The summed E-state index contributed by atoms with van der Waals surface area (Å²) < 4.78 is 0. The third-order valence-electron chi connectivity index (χ3n) is 2.29. The van der Waals surface area contributed by atoms with Gasteiger partial charge in [-0.2, -0.15) is 0 Å². The molecule has 3 nitrogen and oxygen atoms in total. The van der Waals surface area contributed by atoms with E-state index < -0.39 is 5.60 Å². The quantitative estimate of drug-likeness (QED) is 0.729. The van der Waals surface area contributed by atoms with Crippen LogP contribution in [0.2, 0.25) is 0 Å². The van der Waals surface area contributed by atoms with Crippen molar-refractivity contribution in [2.24, 2.45) is 0 Å². The van der Waals surface area contributed by atoms with Crippen LogP contribution in [0.15, 0.2) is 5.38 Å². The molecule has 0 radical (unpaired) electrons. The third kappa shape index (κ3) is 4.73. The minimum absolute atomic E-state index is 0.646. The summed E-state index contributed by atoms with van der Waals surface area (Å²) in [5, 5.41) is 16.4. The van der Waals surface area contributed by atoms with Crippen LogP contribution in [0.25, 0.3) is 0 Å². The van der Waals surface area contributed by atoms with Crippen LogP contribution >= 0.6 is 11.3 Å². The van der Waals surface area contributed by atoms with Gasteiger partial charge < -0.3 is 10.4 Å². The molecule has 0 aliphatic rings. The van der Waals surface area contributed by atoms with E-state index in [2.05, 4.69) is 17.2 Å². The molecule has 1 heterocycles. The fourth-order valence-electron chi connectivity index (χ4n) is 1.43. The monoisotopic (exact) mass is 228 g/mol. The Bertz CT molecular complexity index is 297. The van der Waals surface area contributed by atoms with Crippen molar-refractivity contribution in [3.05, 3.63) is 16.1 Å². The Morgan fingerprint density at radius 3 is 2.87 bits per heavy atom. The molecular formula is C11H20N2OS. The van der Waals surface area contributed by atoms with Gasteiger partial charge in [0.1, 0.15) is 0 Å². The van der Waals surface area contributed by atoms with Gasteiger partial charge >= 0.3 is 0 Å². The predicted molar refractivity (Wildman–Crippen MR) is 64.3 cm³/mol. The lowest BCUT2D eigenvalue weighted by molar-refractivity contribution is 0.0516. The van der Waals surface area contributed by atoms with Crippen LogP contribution in [0.3, 0.4) is 0 Å². The molecule has 4 heteroatoms. The lowest BCUT2D eigenvalue weighted by atomic mass is 9.98. The SMILES string of the molecule is CCNCCC(C)(O)Cc1nc(C)cs1. The fourth-order valence-corrected chi connectivity index (χ4v) is 2.38. The Balaban J connectivity index is 2.41. The van der Waals surface area contributed by atoms with Crippen LogP contribution in [-0.2, 0) is 6.42 Å². The Hall–Kier alpha value is -0.450. The van der Waals surface area contributed by atoms with Gasteiger partial charge in [0.05, 0.1) is 10.6 Å². The molecule has 15 heavy (non-hydrogen) atoms. The number of aromatic nitrogens is 1. The van der Waals surface area contributed by atoms with E-state index in [0.717, 1.165) is 30.2 Å². The number of nitrogens with one attached hydrogen (secondary N) is 1.